The van der Waals surface area contributed by atoms with Crippen LogP contribution in [0.15, 0.2) is 57.9 Å². The van der Waals surface area contributed by atoms with E-state index in [0.717, 1.165) is 4.47 Å². The van der Waals surface area contributed by atoms with E-state index >= 15 is 0 Å². The number of nitrogens with one attached hydrogen (secondary N) is 2. The Labute approximate surface area is 142 Å². The Morgan fingerprint density at radius 1 is 1.13 bits per heavy atom. The van der Waals surface area contributed by atoms with Gasteiger partial charge in [-0.1, -0.05) is 28.1 Å². The minimum absolute atomic E-state index is 0.123. The molecule has 1 unspecified atom stereocenters. The lowest BCUT2D eigenvalue weighted by atomic mass is 10.2. The fourth-order valence-corrected chi connectivity index (χ4v) is 3.41. The van der Waals surface area contributed by atoms with E-state index in [4.69, 9.17) is 4.74 Å². The summed E-state index contributed by atoms with van der Waals surface area (Å²) in [4.78, 5) is 12.1. The first kappa shape index (κ1) is 16.0. The molecular formula is C15H13BrN2O4S. The van der Waals surface area contributed by atoms with Crippen molar-refractivity contribution in [2.75, 3.05) is 11.9 Å². The van der Waals surface area contributed by atoms with E-state index in [9.17, 15) is 13.2 Å². The maximum Gasteiger partial charge on any atom is 0.266 e. The number of halogens is 1. The highest BCUT2D eigenvalue weighted by Crippen LogP contribution is 2.28. The average molecular weight is 397 g/mol. The molecule has 1 heterocycles. The van der Waals surface area contributed by atoms with Gasteiger partial charge in [0.1, 0.15) is 5.75 Å². The monoisotopic (exact) mass is 396 g/mol. The molecule has 0 radical (unpaired) electrons. The first-order chi connectivity index (χ1) is 11.0. The first-order valence-electron chi connectivity index (χ1n) is 6.77. The van der Waals surface area contributed by atoms with Gasteiger partial charge in [0, 0.05) is 4.47 Å². The number of anilines is 1. The number of sulfonamides is 1. The smallest absolute Gasteiger partial charge is 0.266 e. The van der Waals surface area contributed by atoms with Crippen molar-refractivity contribution in [3.8, 4) is 5.75 Å². The Morgan fingerprint density at radius 2 is 1.83 bits per heavy atom. The minimum atomic E-state index is -3.71. The second-order valence-electron chi connectivity index (χ2n) is 4.90. The standard InChI is InChI=1S/C15H13BrN2O4S/c16-10-5-7-11(8-6-10)23(20,21)17-9-14-15(19)18-12-3-1-2-4-13(12)22-14/h1-8,14,17H,9H2,(H,18,19). The summed E-state index contributed by atoms with van der Waals surface area (Å²) in [5, 5.41) is 2.69. The minimum Gasteiger partial charge on any atom is -0.477 e. The van der Waals surface area contributed by atoms with Gasteiger partial charge in [-0.25, -0.2) is 13.1 Å². The highest BCUT2D eigenvalue weighted by Gasteiger charge is 2.28. The summed E-state index contributed by atoms with van der Waals surface area (Å²) in [5.74, 6) is 0.127. The number of rotatable bonds is 4. The number of hydrogen-bond donors (Lipinski definition) is 2. The molecule has 0 bridgehead atoms. The van der Waals surface area contributed by atoms with Crippen LogP contribution in [0.2, 0.25) is 0 Å². The summed E-state index contributed by atoms with van der Waals surface area (Å²) >= 11 is 3.25. The normalized spacial score (nSPS) is 17.1. The van der Waals surface area contributed by atoms with Gasteiger partial charge >= 0.3 is 0 Å². The second kappa shape index (κ2) is 6.31. The van der Waals surface area contributed by atoms with Crippen LogP contribution in [-0.4, -0.2) is 27.0 Å². The quantitative estimate of drug-likeness (QED) is 0.828. The van der Waals surface area contributed by atoms with Crippen molar-refractivity contribution >= 4 is 37.5 Å². The van der Waals surface area contributed by atoms with Crippen molar-refractivity contribution in [1.82, 2.24) is 4.72 Å². The van der Waals surface area contributed by atoms with Crippen LogP contribution in [0.4, 0.5) is 5.69 Å². The Hall–Kier alpha value is -1.90. The summed E-state index contributed by atoms with van der Waals surface area (Å²) in [6.07, 6.45) is -0.921. The molecule has 0 spiro atoms. The first-order valence-corrected chi connectivity index (χ1v) is 9.05. The van der Waals surface area contributed by atoms with Crippen LogP contribution in [0.3, 0.4) is 0 Å². The lowest BCUT2D eigenvalue weighted by Gasteiger charge is -2.25. The molecule has 1 amide bonds. The van der Waals surface area contributed by atoms with Crippen molar-refractivity contribution in [3.05, 3.63) is 53.0 Å². The topological polar surface area (TPSA) is 84.5 Å². The zero-order chi connectivity index (χ0) is 16.4. The van der Waals surface area contributed by atoms with E-state index in [1.54, 1.807) is 36.4 Å². The van der Waals surface area contributed by atoms with Crippen LogP contribution in [0.1, 0.15) is 0 Å². The lowest BCUT2D eigenvalue weighted by Crippen LogP contribution is -2.45. The summed E-state index contributed by atoms with van der Waals surface area (Å²) in [5.41, 5.74) is 0.574. The molecule has 1 aliphatic rings. The predicted molar refractivity (Wildman–Crippen MR) is 88.8 cm³/mol. The number of carbonyl (C=O) groups excluding carboxylic acids is 1. The van der Waals surface area contributed by atoms with Gasteiger partial charge in [0.25, 0.3) is 5.91 Å². The third-order valence-electron chi connectivity index (χ3n) is 3.29. The number of carbonyl (C=O) groups is 1. The number of ether oxygens (including phenoxy) is 1. The zero-order valence-corrected chi connectivity index (χ0v) is 14.2. The molecule has 0 saturated heterocycles. The van der Waals surface area contributed by atoms with Crippen molar-refractivity contribution < 1.29 is 17.9 Å². The van der Waals surface area contributed by atoms with E-state index in [1.165, 1.54) is 12.1 Å². The molecule has 0 aliphatic carbocycles. The number of benzene rings is 2. The highest BCUT2D eigenvalue weighted by atomic mass is 79.9. The molecule has 3 rings (SSSR count). The third kappa shape index (κ3) is 3.54. The Bertz CT molecular complexity index is 837. The number of amides is 1. The molecule has 1 aliphatic heterocycles. The van der Waals surface area contributed by atoms with Crippen molar-refractivity contribution in [3.63, 3.8) is 0 Å². The molecule has 23 heavy (non-hydrogen) atoms. The van der Waals surface area contributed by atoms with Crippen LogP contribution < -0.4 is 14.8 Å². The Balaban J connectivity index is 1.71. The van der Waals surface area contributed by atoms with Gasteiger partial charge in [-0.15, -0.1) is 0 Å². The average Bonchev–Trinajstić information content (AvgIpc) is 2.53. The van der Waals surface area contributed by atoms with Gasteiger partial charge in [0.15, 0.2) is 6.10 Å². The predicted octanol–water partition coefficient (Wildman–Crippen LogP) is 2.13. The van der Waals surface area contributed by atoms with Gasteiger partial charge < -0.3 is 10.1 Å². The highest BCUT2D eigenvalue weighted by molar-refractivity contribution is 9.10. The van der Waals surface area contributed by atoms with Gasteiger partial charge in [-0.3, -0.25) is 4.79 Å². The van der Waals surface area contributed by atoms with Gasteiger partial charge in [0.2, 0.25) is 10.0 Å². The number of fused-ring (bicyclic) bond motifs is 1. The zero-order valence-electron chi connectivity index (χ0n) is 11.8. The maximum atomic E-state index is 12.2. The molecule has 120 valence electrons. The van der Waals surface area contributed by atoms with Gasteiger partial charge in [-0.05, 0) is 36.4 Å². The molecule has 2 N–H and O–H groups in total. The molecule has 2 aromatic carbocycles. The second-order valence-corrected chi connectivity index (χ2v) is 7.58. The largest absolute Gasteiger partial charge is 0.477 e. The van der Waals surface area contributed by atoms with Crippen molar-refractivity contribution in [1.29, 1.82) is 0 Å². The van der Waals surface area contributed by atoms with Crippen LogP contribution in [0.25, 0.3) is 0 Å². The summed E-state index contributed by atoms with van der Waals surface area (Å²) in [6.45, 7) is -0.154. The molecule has 0 fully saturated rings. The van der Waals surface area contributed by atoms with Gasteiger partial charge in [-0.2, -0.15) is 0 Å². The van der Waals surface area contributed by atoms with Crippen molar-refractivity contribution in [2.45, 2.75) is 11.0 Å². The molecule has 0 aromatic heterocycles. The number of hydrogen-bond acceptors (Lipinski definition) is 4. The summed E-state index contributed by atoms with van der Waals surface area (Å²) in [6, 6.07) is 13.2. The molecule has 8 heteroatoms. The maximum absolute atomic E-state index is 12.2. The van der Waals surface area contributed by atoms with Crippen molar-refractivity contribution in [2.24, 2.45) is 0 Å². The summed E-state index contributed by atoms with van der Waals surface area (Å²) < 4.78 is 33.2. The Kier molecular flexibility index (Phi) is 4.38. The molecule has 2 aromatic rings. The molecular weight excluding hydrogens is 384 g/mol. The van der Waals surface area contributed by atoms with Crippen LogP contribution in [-0.2, 0) is 14.8 Å². The fraction of sp³-hybridized carbons (Fsp3) is 0.133. The summed E-state index contributed by atoms with van der Waals surface area (Å²) in [7, 11) is -3.71. The van der Waals surface area contributed by atoms with Crippen LogP contribution in [0, 0.1) is 0 Å². The van der Waals surface area contributed by atoms with Crippen LogP contribution >= 0.6 is 15.9 Å². The van der Waals surface area contributed by atoms with E-state index in [2.05, 4.69) is 26.0 Å². The van der Waals surface area contributed by atoms with E-state index in [1.807, 2.05) is 0 Å². The van der Waals surface area contributed by atoms with Gasteiger partial charge in [0.05, 0.1) is 17.1 Å². The van der Waals surface area contributed by atoms with Crippen LogP contribution in [0.5, 0.6) is 5.75 Å². The SMILES string of the molecule is O=C1Nc2ccccc2OC1CNS(=O)(=O)c1ccc(Br)cc1. The third-order valence-corrected chi connectivity index (χ3v) is 5.26. The van der Waals surface area contributed by atoms with E-state index in [-0.39, 0.29) is 17.3 Å². The molecule has 6 nitrogen and oxygen atoms in total. The Morgan fingerprint density at radius 3 is 2.57 bits per heavy atom. The lowest BCUT2D eigenvalue weighted by molar-refractivity contribution is -0.123. The number of para-hydroxylation sites is 2. The van der Waals surface area contributed by atoms with E-state index < -0.39 is 16.1 Å². The fourth-order valence-electron chi connectivity index (χ4n) is 2.11. The molecule has 0 saturated carbocycles. The molecule has 1 atom stereocenters. The van der Waals surface area contributed by atoms with E-state index in [0.29, 0.717) is 11.4 Å².